The van der Waals surface area contributed by atoms with Gasteiger partial charge in [0.2, 0.25) is 0 Å². The van der Waals surface area contributed by atoms with Crippen molar-refractivity contribution in [1.82, 2.24) is 10.2 Å². The smallest absolute Gasteiger partial charge is 0.451 e. The highest BCUT2D eigenvalue weighted by Gasteiger charge is 2.35. The predicted molar refractivity (Wildman–Crippen MR) is 97.7 cm³/mol. The number of likely N-dealkylation sites (N-methyl/N-ethyl adjacent to an activating group) is 1. The first-order valence-electron chi connectivity index (χ1n) is 8.01. The molecule has 1 atom stereocenters. The molecule has 0 radical (unpaired) electrons. The Balaban J connectivity index is 0. The van der Waals surface area contributed by atoms with E-state index in [0.29, 0.717) is 32.0 Å². The lowest BCUT2D eigenvalue weighted by Gasteiger charge is -2.30. The van der Waals surface area contributed by atoms with Crippen LogP contribution in [-0.4, -0.2) is 65.4 Å². The number of hydrogen-bond acceptors (Lipinski definition) is 5. The maximum absolute atomic E-state index is 11.6. The summed E-state index contributed by atoms with van der Waals surface area (Å²) < 4.78 is 0. The van der Waals surface area contributed by atoms with Gasteiger partial charge < -0.3 is 25.4 Å². The summed E-state index contributed by atoms with van der Waals surface area (Å²) in [5.41, 5.74) is -0.889. The summed E-state index contributed by atoms with van der Waals surface area (Å²) in [6, 6.07) is 0. The van der Waals surface area contributed by atoms with Crippen LogP contribution in [0, 0.1) is 0 Å². The molecule has 0 aliphatic carbocycles. The second kappa shape index (κ2) is 13.3. The Labute approximate surface area is 152 Å². The molecule has 0 aromatic carbocycles. The SMILES string of the molecule is CNC(CCCCB(O)O)(CCCN1CCCC1)C(=O)O.Cl.Cl. The molecule has 1 aliphatic rings. The van der Waals surface area contributed by atoms with Gasteiger partial charge in [0.15, 0.2) is 0 Å². The minimum absolute atomic E-state index is 0. The summed E-state index contributed by atoms with van der Waals surface area (Å²) in [5, 5.41) is 30.2. The van der Waals surface area contributed by atoms with Gasteiger partial charge in [-0.3, -0.25) is 4.79 Å². The molecule has 23 heavy (non-hydrogen) atoms. The van der Waals surface area contributed by atoms with Crippen molar-refractivity contribution in [2.24, 2.45) is 0 Å². The van der Waals surface area contributed by atoms with Crippen molar-refractivity contribution in [3.63, 3.8) is 0 Å². The molecule has 0 saturated carbocycles. The molecule has 6 nitrogen and oxygen atoms in total. The van der Waals surface area contributed by atoms with Gasteiger partial charge in [-0.1, -0.05) is 12.8 Å². The standard InChI is InChI=1S/C14H29BN2O4.2ClH/c1-16-14(13(18)19,7-2-3-9-15(20)21)8-6-12-17-10-4-5-11-17;;/h16,20-21H,2-12H2,1H3,(H,18,19);2*1H. The number of aliphatic carboxylic acids is 1. The molecule has 1 aliphatic heterocycles. The van der Waals surface area contributed by atoms with Gasteiger partial charge in [-0.05, 0) is 65.1 Å². The Bertz CT molecular complexity index is 321. The zero-order valence-corrected chi connectivity index (χ0v) is 15.5. The fourth-order valence-electron chi connectivity index (χ4n) is 3.06. The van der Waals surface area contributed by atoms with E-state index in [4.69, 9.17) is 10.0 Å². The monoisotopic (exact) mass is 372 g/mol. The van der Waals surface area contributed by atoms with Crippen LogP contribution in [0.1, 0.15) is 44.9 Å². The molecule has 0 aromatic rings. The molecular formula is C14H31BCl2N2O4. The summed E-state index contributed by atoms with van der Waals surface area (Å²) in [5.74, 6) is -0.809. The van der Waals surface area contributed by atoms with Gasteiger partial charge in [-0.15, -0.1) is 24.8 Å². The third-order valence-electron chi connectivity index (χ3n) is 4.48. The number of carboxylic acid groups (broad SMARTS) is 1. The number of nitrogens with zero attached hydrogens (tertiary/aromatic N) is 1. The van der Waals surface area contributed by atoms with Crippen molar-refractivity contribution < 1.29 is 19.9 Å². The topological polar surface area (TPSA) is 93.0 Å². The van der Waals surface area contributed by atoms with Gasteiger partial charge in [0.1, 0.15) is 5.54 Å². The quantitative estimate of drug-likeness (QED) is 0.323. The van der Waals surface area contributed by atoms with Crippen LogP contribution in [-0.2, 0) is 4.79 Å². The van der Waals surface area contributed by atoms with Gasteiger partial charge in [-0.2, -0.15) is 0 Å². The van der Waals surface area contributed by atoms with Crippen molar-refractivity contribution >= 4 is 37.9 Å². The van der Waals surface area contributed by atoms with Crippen molar-refractivity contribution in [3.8, 4) is 0 Å². The molecule has 1 rings (SSSR count). The van der Waals surface area contributed by atoms with E-state index in [1.807, 2.05) is 0 Å². The average Bonchev–Trinajstić information content (AvgIpc) is 2.94. The van der Waals surface area contributed by atoms with Gasteiger partial charge in [0.25, 0.3) is 0 Å². The Morgan fingerprint density at radius 3 is 2.17 bits per heavy atom. The van der Waals surface area contributed by atoms with Crippen molar-refractivity contribution in [2.45, 2.75) is 56.8 Å². The zero-order valence-electron chi connectivity index (χ0n) is 13.9. The predicted octanol–water partition coefficient (Wildman–Crippen LogP) is 1.39. The number of carboxylic acids is 1. The highest BCUT2D eigenvalue weighted by molar-refractivity contribution is 6.40. The molecule has 4 N–H and O–H groups in total. The molecule has 1 unspecified atom stereocenters. The minimum atomic E-state index is -1.30. The first-order valence-corrected chi connectivity index (χ1v) is 8.01. The van der Waals surface area contributed by atoms with Crippen LogP contribution in [0.25, 0.3) is 0 Å². The Morgan fingerprint density at radius 1 is 1.13 bits per heavy atom. The van der Waals surface area contributed by atoms with Crippen molar-refractivity contribution in [1.29, 1.82) is 0 Å². The zero-order chi connectivity index (χ0) is 15.7. The maximum Gasteiger partial charge on any atom is 0.451 e. The number of carbonyl (C=O) groups is 1. The lowest BCUT2D eigenvalue weighted by molar-refractivity contribution is -0.145. The molecule has 1 fully saturated rings. The van der Waals surface area contributed by atoms with Crippen LogP contribution in [0.4, 0.5) is 0 Å². The van der Waals surface area contributed by atoms with Crippen molar-refractivity contribution in [3.05, 3.63) is 0 Å². The minimum Gasteiger partial charge on any atom is -0.480 e. The lowest BCUT2D eigenvalue weighted by Crippen LogP contribution is -2.50. The molecule has 1 saturated heterocycles. The number of unbranched alkanes of at least 4 members (excludes halogenated alkanes) is 1. The molecule has 0 aromatic heterocycles. The molecule has 0 amide bonds. The highest BCUT2D eigenvalue weighted by atomic mass is 35.5. The Kier molecular flexibility index (Phi) is 14.5. The summed E-state index contributed by atoms with van der Waals surface area (Å²) in [6.07, 6.45) is 6.10. The second-order valence-electron chi connectivity index (χ2n) is 6.02. The summed E-state index contributed by atoms with van der Waals surface area (Å²) in [4.78, 5) is 14.0. The largest absolute Gasteiger partial charge is 0.480 e. The summed E-state index contributed by atoms with van der Waals surface area (Å²) in [7, 11) is 0.402. The Hall–Kier alpha value is -0.0451. The second-order valence-corrected chi connectivity index (χ2v) is 6.02. The van der Waals surface area contributed by atoms with Crippen LogP contribution in [0.15, 0.2) is 0 Å². The molecule has 1 heterocycles. The van der Waals surface area contributed by atoms with E-state index in [1.54, 1.807) is 7.05 Å². The van der Waals surface area contributed by atoms with Crippen LogP contribution in [0.2, 0.25) is 6.32 Å². The molecule has 138 valence electrons. The lowest BCUT2D eigenvalue weighted by atomic mass is 9.81. The third-order valence-corrected chi connectivity index (χ3v) is 4.48. The van der Waals surface area contributed by atoms with E-state index >= 15 is 0 Å². The average molecular weight is 373 g/mol. The van der Waals surface area contributed by atoms with Crippen molar-refractivity contribution in [2.75, 3.05) is 26.7 Å². The van der Waals surface area contributed by atoms with Crippen LogP contribution in [0.5, 0.6) is 0 Å². The maximum atomic E-state index is 11.6. The first-order chi connectivity index (χ1) is 10.00. The van der Waals surface area contributed by atoms with E-state index in [1.165, 1.54) is 12.8 Å². The Morgan fingerprint density at radius 2 is 1.70 bits per heavy atom. The van der Waals surface area contributed by atoms with Gasteiger partial charge in [0, 0.05) is 0 Å². The number of hydrogen-bond donors (Lipinski definition) is 4. The number of nitrogens with one attached hydrogen (secondary N) is 1. The fraction of sp³-hybridized carbons (Fsp3) is 0.929. The van der Waals surface area contributed by atoms with Crippen LogP contribution < -0.4 is 5.32 Å². The van der Waals surface area contributed by atoms with Gasteiger partial charge in [-0.25, -0.2) is 0 Å². The molecule has 0 bridgehead atoms. The highest BCUT2D eigenvalue weighted by Crippen LogP contribution is 2.22. The molecular weight excluding hydrogens is 342 g/mol. The molecule has 9 heteroatoms. The van der Waals surface area contributed by atoms with Crippen LogP contribution in [0.3, 0.4) is 0 Å². The van der Waals surface area contributed by atoms with E-state index in [2.05, 4.69) is 10.2 Å². The van der Waals surface area contributed by atoms with E-state index in [0.717, 1.165) is 26.1 Å². The van der Waals surface area contributed by atoms with Gasteiger partial charge >= 0.3 is 13.1 Å². The summed E-state index contributed by atoms with van der Waals surface area (Å²) in [6.45, 7) is 3.23. The molecule has 0 spiro atoms. The fourth-order valence-corrected chi connectivity index (χ4v) is 3.06. The number of halogens is 2. The normalized spacial score (nSPS) is 17.0. The third kappa shape index (κ3) is 9.12. The first kappa shape index (κ1) is 25.2. The van der Waals surface area contributed by atoms with E-state index < -0.39 is 18.6 Å². The van der Waals surface area contributed by atoms with E-state index in [-0.39, 0.29) is 24.8 Å². The van der Waals surface area contributed by atoms with E-state index in [9.17, 15) is 9.90 Å². The number of rotatable bonds is 11. The summed E-state index contributed by atoms with van der Waals surface area (Å²) >= 11 is 0. The van der Waals surface area contributed by atoms with Gasteiger partial charge in [0.05, 0.1) is 0 Å². The number of likely N-dealkylation sites (tertiary alicyclic amines) is 1. The van der Waals surface area contributed by atoms with Crippen LogP contribution >= 0.6 is 24.8 Å².